The average Bonchev–Trinajstić information content (AvgIpc) is 2.73. The number of nitrogens with zero attached hydrogens (tertiary/aromatic N) is 4. The molecule has 10 heteroatoms. The van der Waals surface area contributed by atoms with Crippen molar-refractivity contribution in [3.63, 3.8) is 0 Å². The van der Waals surface area contributed by atoms with Crippen molar-refractivity contribution in [2.45, 2.75) is 25.9 Å². The highest BCUT2D eigenvalue weighted by molar-refractivity contribution is 7.90. The Morgan fingerprint density at radius 2 is 1.93 bits per heavy atom. The Balaban J connectivity index is 1.53. The van der Waals surface area contributed by atoms with E-state index in [1.807, 2.05) is 4.90 Å². The van der Waals surface area contributed by atoms with E-state index in [2.05, 4.69) is 15.1 Å². The highest BCUT2D eigenvalue weighted by atomic mass is 32.2. The second kappa shape index (κ2) is 9.94. The monoisotopic (exact) mass is 436 g/mol. The summed E-state index contributed by atoms with van der Waals surface area (Å²) < 4.78 is 36.5. The van der Waals surface area contributed by atoms with Gasteiger partial charge in [0.05, 0.1) is 18.1 Å². The molecule has 1 saturated heterocycles. The number of oxime groups is 1. The van der Waals surface area contributed by atoms with Crippen LogP contribution in [0.3, 0.4) is 0 Å². The molecule has 0 spiro atoms. The van der Waals surface area contributed by atoms with Gasteiger partial charge in [-0.1, -0.05) is 23.4 Å². The fraction of sp³-hybridized carbons (Fsp3) is 0.450. The van der Waals surface area contributed by atoms with Crippen molar-refractivity contribution in [3.05, 3.63) is 42.0 Å². The van der Waals surface area contributed by atoms with Crippen molar-refractivity contribution < 1.29 is 22.8 Å². The summed E-state index contributed by atoms with van der Waals surface area (Å²) in [5.74, 6) is 0.185. The third-order valence-corrected chi connectivity index (χ3v) is 5.80. The van der Waals surface area contributed by atoms with Gasteiger partial charge in [-0.25, -0.2) is 22.8 Å². The van der Waals surface area contributed by atoms with Gasteiger partial charge >= 0.3 is 0 Å². The molecule has 0 saturated carbocycles. The number of anilines is 1. The summed E-state index contributed by atoms with van der Waals surface area (Å²) in [5.41, 5.74) is 2.06. The average molecular weight is 437 g/mol. The molecule has 0 unspecified atom stereocenters. The molecule has 3 rings (SSSR count). The van der Waals surface area contributed by atoms with Crippen LogP contribution in [0.1, 0.15) is 24.8 Å². The van der Waals surface area contributed by atoms with Gasteiger partial charge in [-0.15, -0.1) is 0 Å². The minimum atomic E-state index is -2.98. The van der Waals surface area contributed by atoms with Crippen LogP contribution in [0.5, 0.6) is 0 Å². The first kappa shape index (κ1) is 22.1. The van der Waals surface area contributed by atoms with Gasteiger partial charge in [0.1, 0.15) is 22.3 Å². The minimum Gasteiger partial charge on any atom is -0.396 e. The van der Waals surface area contributed by atoms with Crippen LogP contribution >= 0.6 is 0 Å². The molecular weight excluding hydrogens is 411 g/mol. The third kappa shape index (κ3) is 5.96. The van der Waals surface area contributed by atoms with Gasteiger partial charge in [-0.3, -0.25) is 0 Å². The Morgan fingerprint density at radius 1 is 1.23 bits per heavy atom. The second-order valence-corrected chi connectivity index (χ2v) is 9.43. The third-order valence-electron chi connectivity index (χ3n) is 4.77. The molecule has 1 N–H and O–H groups in total. The quantitative estimate of drug-likeness (QED) is 0.499. The van der Waals surface area contributed by atoms with Gasteiger partial charge in [0, 0.05) is 61.3 Å². The first-order chi connectivity index (χ1) is 14.4. The molecule has 0 bridgehead atoms. The molecule has 0 amide bonds. The summed E-state index contributed by atoms with van der Waals surface area (Å²) in [6.45, 7) is 1.27. The van der Waals surface area contributed by atoms with Gasteiger partial charge in [-0.05, 0) is 6.42 Å². The predicted molar refractivity (Wildman–Crippen MR) is 113 cm³/mol. The number of benzene rings is 1. The van der Waals surface area contributed by atoms with Crippen LogP contribution in [-0.2, 0) is 21.3 Å². The maximum Gasteiger partial charge on any atom is 0.225 e. The van der Waals surface area contributed by atoms with E-state index >= 15 is 0 Å². The first-order valence-electron chi connectivity index (χ1n) is 9.68. The van der Waals surface area contributed by atoms with Gasteiger partial charge in [0.25, 0.3) is 0 Å². The molecule has 0 atom stereocenters. The number of hydrogen-bond acceptors (Lipinski definition) is 8. The fourth-order valence-electron chi connectivity index (χ4n) is 3.13. The van der Waals surface area contributed by atoms with E-state index in [0.717, 1.165) is 5.71 Å². The van der Waals surface area contributed by atoms with E-state index in [9.17, 15) is 17.9 Å². The molecular formula is C20H25FN4O4S. The lowest BCUT2D eigenvalue weighted by molar-refractivity contribution is 0.144. The lowest BCUT2D eigenvalue weighted by atomic mass is 10.1. The molecule has 8 nitrogen and oxygen atoms in total. The van der Waals surface area contributed by atoms with Gasteiger partial charge in [0.15, 0.2) is 0 Å². The number of aliphatic hydroxyl groups excluding tert-OH is 1. The normalized spacial score (nSPS) is 14.6. The number of hydrogen-bond donors (Lipinski definition) is 1. The van der Waals surface area contributed by atoms with Crippen molar-refractivity contribution in [2.75, 3.05) is 36.6 Å². The molecule has 1 aromatic heterocycles. The Kier molecular flexibility index (Phi) is 7.33. The molecule has 2 heterocycles. The fourth-order valence-corrected chi connectivity index (χ4v) is 3.77. The number of aliphatic hydroxyl groups is 1. The summed E-state index contributed by atoms with van der Waals surface area (Å²) in [6, 6.07) is 4.86. The zero-order chi connectivity index (χ0) is 21.6. The van der Waals surface area contributed by atoms with Crippen molar-refractivity contribution in [2.24, 2.45) is 5.16 Å². The van der Waals surface area contributed by atoms with Crippen LogP contribution in [-0.4, -0.2) is 60.9 Å². The number of halogens is 1. The van der Waals surface area contributed by atoms with Crippen LogP contribution < -0.4 is 4.90 Å². The second-order valence-electron chi connectivity index (χ2n) is 7.17. The zero-order valence-electron chi connectivity index (χ0n) is 16.8. The van der Waals surface area contributed by atoms with E-state index in [0.29, 0.717) is 49.4 Å². The molecule has 30 heavy (non-hydrogen) atoms. The molecule has 1 aliphatic rings. The smallest absolute Gasteiger partial charge is 0.225 e. The Bertz CT molecular complexity index is 986. The molecule has 162 valence electrons. The lowest BCUT2D eigenvalue weighted by Crippen LogP contribution is -2.35. The largest absolute Gasteiger partial charge is 0.396 e. The molecule has 1 fully saturated rings. The van der Waals surface area contributed by atoms with Crippen molar-refractivity contribution >= 4 is 21.5 Å². The highest BCUT2D eigenvalue weighted by Crippen LogP contribution is 2.25. The summed E-state index contributed by atoms with van der Waals surface area (Å²) in [4.78, 5) is 16.0. The van der Waals surface area contributed by atoms with Gasteiger partial charge < -0.3 is 14.8 Å². The van der Waals surface area contributed by atoms with Crippen molar-refractivity contribution in [1.82, 2.24) is 9.97 Å². The van der Waals surface area contributed by atoms with Crippen LogP contribution in [0.15, 0.2) is 35.7 Å². The van der Waals surface area contributed by atoms with E-state index in [1.54, 1.807) is 24.5 Å². The van der Waals surface area contributed by atoms with E-state index in [1.165, 1.54) is 12.3 Å². The maximum atomic E-state index is 14.4. The van der Waals surface area contributed by atoms with Crippen LogP contribution in [0.25, 0.3) is 11.1 Å². The van der Waals surface area contributed by atoms with Crippen molar-refractivity contribution in [1.29, 1.82) is 0 Å². The molecule has 0 aliphatic carbocycles. The Morgan fingerprint density at radius 3 is 2.57 bits per heavy atom. The molecule has 0 radical (unpaired) electrons. The number of rotatable bonds is 8. The van der Waals surface area contributed by atoms with Crippen molar-refractivity contribution in [3.8, 4) is 11.1 Å². The highest BCUT2D eigenvalue weighted by Gasteiger charge is 2.18. The SMILES string of the molecule is CS(=O)(=O)CCCON=C1CCN(c2ncc(-c3cccc(CO)c3F)cn2)CC1. The zero-order valence-corrected chi connectivity index (χ0v) is 17.6. The standard InChI is InChI=1S/C20H25FN4O4S/c1-30(27,28)11-3-10-29-24-17-6-8-25(9-7-17)20-22-12-16(13-23-20)18-5-2-4-15(14-26)19(18)21/h2,4-5,12-13,26H,3,6-11,14H2,1H3. The maximum absolute atomic E-state index is 14.4. The number of aromatic nitrogens is 2. The lowest BCUT2D eigenvalue weighted by Gasteiger charge is -2.27. The molecule has 1 aliphatic heterocycles. The van der Waals surface area contributed by atoms with E-state index in [-0.39, 0.29) is 24.5 Å². The molecule has 1 aromatic carbocycles. The summed E-state index contributed by atoms with van der Waals surface area (Å²) in [5, 5.41) is 13.3. The summed E-state index contributed by atoms with van der Waals surface area (Å²) in [6.07, 6.45) is 6.18. The molecule has 2 aromatic rings. The van der Waals surface area contributed by atoms with Crippen LogP contribution in [0.2, 0.25) is 0 Å². The summed E-state index contributed by atoms with van der Waals surface area (Å²) in [7, 11) is -2.98. The van der Waals surface area contributed by atoms with Gasteiger partial charge in [0.2, 0.25) is 5.95 Å². The number of sulfone groups is 1. The first-order valence-corrected chi connectivity index (χ1v) is 11.7. The minimum absolute atomic E-state index is 0.0904. The van der Waals surface area contributed by atoms with Crippen LogP contribution in [0, 0.1) is 5.82 Å². The summed E-state index contributed by atoms with van der Waals surface area (Å²) >= 11 is 0. The van der Waals surface area contributed by atoms with E-state index in [4.69, 9.17) is 4.84 Å². The number of piperidine rings is 1. The Hall–Kier alpha value is -2.59. The Labute approximate surface area is 175 Å². The topological polar surface area (TPSA) is 105 Å². The van der Waals surface area contributed by atoms with E-state index < -0.39 is 15.7 Å². The predicted octanol–water partition coefficient (Wildman–Crippen LogP) is 2.18. The van der Waals surface area contributed by atoms with Gasteiger partial charge in [-0.2, -0.15) is 0 Å². The van der Waals surface area contributed by atoms with Crippen LogP contribution in [0.4, 0.5) is 10.3 Å².